The van der Waals surface area contributed by atoms with E-state index >= 15 is 0 Å². The lowest BCUT2D eigenvalue weighted by atomic mass is 10.1. The van der Waals surface area contributed by atoms with E-state index in [0.29, 0.717) is 4.91 Å². The third-order valence-electron chi connectivity index (χ3n) is 4.38. The zero-order valence-corrected chi connectivity index (χ0v) is 14.5. The van der Waals surface area contributed by atoms with E-state index in [1.165, 1.54) is 0 Å². The maximum Gasteiger partial charge on any atom is 0.290 e. The van der Waals surface area contributed by atoms with Crippen LogP contribution in [-0.4, -0.2) is 59.2 Å². The first-order valence-corrected chi connectivity index (χ1v) is 8.85. The summed E-state index contributed by atoms with van der Waals surface area (Å²) in [4.78, 5) is 36.9. The number of fused-ring (bicyclic) bond motifs is 1. The number of thioether (sulfide) groups is 1. The summed E-state index contributed by atoms with van der Waals surface area (Å²) in [5, 5.41) is 2.89. The van der Waals surface area contributed by atoms with Crippen LogP contribution in [0.4, 0.5) is 10.6 Å². The summed E-state index contributed by atoms with van der Waals surface area (Å²) >= 11 is 0.921. The van der Waals surface area contributed by atoms with Gasteiger partial charge < -0.3 is 9.80 Å². The number of likely N-dealkylation sites (N-methyl/N-ethyl adjacent to an activating group) is 1. The molecule has 0 spiro atoms. The number of carbonyl (C=O) groups is 2. The molecule has 0 radical (unpaired) electrons. The van der Waals surface area contributed by atoms with Gasteiger partial charge >= 0.3 is 0 Å². The summed E-state index contributed by atoms with van der Waals surface area (Å²) in [5.41, 5.74) is 1.72. The second kappa shape index (κ2) is 6.45. The van der Waals surface area contributed by atoms with Gasteiger partial charge in [0.25, 0.3) is 11.1 Å². The standard InChI is InChI=1S/C17H17N5O2S/c1-21-4-6-22(7-5-21)15-12-8-11(2-3-13(12)18-10-19-15)9-14-16(23)20-17(24)25-14/h2-3,8-10H,4-7H2,1H3,(H,20,23,24)/b14-9+. The molecule has 2 saturated heterocycles. The topological polar surface area (TPSA) is 78.4 Å². The molecule has 1 aromatic carbocycles. The number of benzene rings is 1. The molecule has 3 heterocycles. The zero-order chi connectivity index (χ0) is 17.4. The minimum absolute atomic E-state index is 0.335. The smallest absolute Gasteiger partial charge is 0.290 e. The Morgan fingerprint density at radius 1 is 1.16 bits per heavy atom. The van der Waals surface area contributed by atoms with E-state index in [4.69, 9.17) is 0 Å². The number of carbonyl (C=O) groups excluding carboxylic acids is 2. The molecule has 1 N–H and O–H groups in total. The molecule has 8 heteroatoms. The monoisotopic (exact) mass is 355 g/mol. The van der Waals surface area contributed by atoms with Crippen molar-refractivity contribution in [2.45, 2.75) is 0 Å². The number of hydrogen-bond acceptors (Lipinski definition) is 7. The number of amides is 2. The highest BCUT2D eigenvalue weighted by Crippen LogP contribution is 2.29. The highest BCUT2D eigenvalue weighted by atomic mass is 32.2. The van der Waals surface area contributed by atoms with Gasteiger partial charge in [0.05, 0.1) is 10.4 Å². The normalized spacial score (nSPS) is 20.5. The van der Waals surface area contributed by atoms with Crippen molar-refractivity contribution in [2.75, 3.05) is 38.1 Å². The average Bonchev–Trinajstić information content (AvgIpc) is 2.92. The lowest BCUT2D eigenvalue weighted by Gasteiger charge is -2.33. The number of aromatic nitrogens is 2. The predicted octanol–water partition coefficient (Wildman–Crippen LogP) is 1.71. The van der Waals surface area contributed by atoms with Crippen LogP contribution in [0.25, 0.3) is 17.0 Å². The third kappa shape index (κ3) is 3.22. The van der Waals surface area contributed by atoms with Crippen LogP contribution >= 0.6 is 11.8 Å². The number of nitrogens with zero attached hydrogens (tertiary/aromatic N) is 4. The number of imide groups is 1. The molecule has 7 nitrogen and oxygen atoms in total. The third-order valence-corrected chi connectivity index (χ3v) is 5.19. The van der Waals surface area contributed by atoms with E-state index in [2.05, 4.69) is 32.1 Å². The summed E-state index contributed by atoms with van der Waals surface area (Å²) in [7, 11) is 2.12. The van der Waals surface area contributed by atoms with Crippen LogP contribution in [0, 0.1) is 0 Å². The Bertz CT molecular complexity index is 890. The summed E-state index contributed by atoms with van der Waals surface area (Å²) in [6.45, 7) is 3.82. The molecular weight excluding hydrogens is 338 g/mol. The van der Waals surface area contributed by atoms with Gasteiger partial charge in [-0.1, -0.05) is 6.07 Å². The second-order valence-corrected chi connectivity index (χ2v) is 7.13. The van der Waals surface area contributed by atoms with Gasteiger partial charge in [-0.15, -0.1) is 0 Å². The molecular formula is C17H17N5O2S. The van der Waals surface area contributed by atoms with Gasteiger partial charge in [-0.05, 0) is 42.6 Å². The molecule has 0 atom stereocenters. The number of rotatable bonds is 2. The van der Waals surface area contributed by atoms with Crippen molar-refractivity contribution in [1.29, 1.82) is 0 Å². The molecule has 0 aliphatic carbocycles. The molecule has 128 valence electrons. The van der Waals surface area contributed by atoms with Crippen LogP contribution in [0.3, 0.4) is 0 Å². The fraction of sp³-hybridized carbons (Fsp3) is 0.294. The Labute approximate surface area is 149 Å². The molecule has 2 aromatic rings. The van der Waals surface area contributed by atoms with E-state index in [1.54, 1.807) is 12.4 Å². The number of hydrogen-bond donors (Lipinski definition) is 1. The van der Waals surface area contributed by atoms with E-state index in [1.807, 2.05) is 18.2 Å². The van der Waals surface area contributed by atoms with Crippen LogP contribution in [0.2, 0.25) is 0 Å². The van der Waals surface area contributed by atoms with Crippen LogP contribution in [0.15, 0.2) is 29.4 Å². The van der Waals surface area contributed by atoms with Gasteiger partial charge in [-0.3, -0.25) is 14.9 Å². The van der Waals surface area contributed by atoms with Crippen molar-refractivity contribution in [3.8, 4) is 0 Å². The maximum atomic E-state index is 11.7. The van der Waals surface area contributed by atoms with Gasteiger partial charge in [0.1, 0.15) is 12.1 Å². The lowest BCUT2D eigenvalue weighted by Crippen LogP contribution is -2.44. The van der Waals surface area contributed by atoms with E-state index in [9.17, 15) is 9.59 Å². The fourth-order valence-corrected chi connectivity index (χ4v) is 3.68. The van der Waals surface area contributed by atoms with Crippen molar-refractivity contribution in [3.05, 3.63) is 35.0 Å². The van der Waals surface area contributed by atoms with Crippen molar-refractivity contribution in [3.63, 3.8) is 0 Å². The quantitative estimate of drug-likeness (QED) is 0.822. The molecule has 0 unspecified atom stereocenters. The predicted molar refractivity (Wildman–Crippen MR) is 98.4 cm³/mol. The van der Waals surface area contributed by atoms with Crippen molar-refractivity contribution < 1.29 is 9.59 Å². The summed E-state index contributed by atoms with van der Waals surface area (Å²) in [5.74, 6) is 0.566. The van der Waals surface area contributed by atoms with Gasteiger partial charge in [0.2, 0.25) is 0 Å². The van der Waals surface area contributed by atoms with Crippen molar-refractivity contribution in [2.24, 2.45) is 0 Å². The molecule has 1 aromatic heterocycles. The Morgan fingerprint density at radius 2 is 1.96 bits per heavy atom. The van der Waals surface area contributed by atoms with Crippen LogP contribution in [-0.2, 0) is 4.79 Å². The molecule has 0 bridgehead atoms. The Hall–Kier alpha value is -2.45. The maximum absolute atomic E-state index is 11.7. The van der Waals surface area contributed by atoms with Gasteiger partial charge in [-0.25, -0.2) is 9.97 Å². The molecule has 2 amide bonds. The Morgan fingerprint density at radius 3 is 2.68 bits per heavy atom. The summed E-state index contributed by atoms with van der Waals surface area (Å²) < 4.78 is 0. The zero-order valence-electron chi connectivity index (χ0n) is 13.7. The molecule has 4 rings (SSSR count). The number of piperazine rings is 1. The fourth-order valence-electron chi connectivity index (χ4n) is 2.99. The minimum Gasteiger partial charge on any atom is -0.353 e. The average molecular weight is 355 g/mol. The molecule has 2 fully saturated rings. The van der Waals surface area contributed by atoms with Crippen LogP contribution in [0.1, 0.15) is 5.56 Å². The van der Waals surface area contributed by atoms with Gasteiger partial charge in [-0.2, -0.15) is 0 Å². The van der Waals surface area contributed by atoms with Gasteiger partial charge in [0, 0.05) is 31.6 Å². The van der Waals surface area contributed by atoms with E-state index in [-0.39, 0.29) is 11.1 Å². The first-order chi connectivity index (χ1) is 12.1. The molecule has 0 saturated carbocycles. The van der Waals surface area contributed by atoms with E-state index < -0.39 is 0 Å². The minimum atomic E-state index is -0.348. The SMILES string of the molecule is CN1CCN(c2ncnc3ccc(/C=C4/SC(=O)NC4=O)cc23)CC1. The lowest BCUT2D eigenvalue weighted by molar-refractivity contribution is -0.115. The highest BCUT2D eigenvalue weighted by molar-refractivity contribution is 8.18. The van der Waals surface area contributed by atoms with Crippen molar-refractivity contribution in [1.82, 2.24) is 20.2 Å². The Kier molecular flexibility index (Phi) is 4.14. The van der Waals surface area contributed by atoms with Crippen LogP contribution < -0.4 is 10.2 Å². The van der Waals surface area contributed by atoms with Crippen molar-refractivity contribution >= 4 is 45.7 Å². The number of anilines is 1. The summed E-state index contributed by atoms with van der Waals surface area (Å²) in [6, 6.07) is 5.79. The largest absolute Gasteiger partial charge is 0.353 e. The number of nitrogens with one attached hydrogen (secondary N) is 1. The van der Waals surface area contributed by atoms with E-state index in [0.717, 1.165) is 60.2 Å². The van der Waals surface area contributed by atoms with Gasteiger partial charge in [0.15, 0.2) is 0 Å². The Balaban J connectivity index is 1.72. The first kappa shape index (κ1) is 16.0. The highest BCUT2D eigenvalue weighted by Gasteiger charge is 2.25. The molecule has 2 aliphatic heterocycles. The first-order valence-electron chi connectivity index (χ1n) is 8.03. The molecule has 2 aliphatic rings. The molecule has 25 heavy (non-hydrogen) atoms. The second-order valence-electron chi connectivity index (χ2n) is 6.12. The summed E-state index contributed by atoms with van der Waals surface area (Å²) in [6.07, 6.45) is 3.32. The van der Waals surface area contributed by atoms with Crippen LogP contribution in [0.5, 0.6) is 0 Å².